The van der Waals surface area contributed by atoms with Crippen LogP contribution in [-0.2, 0) is 9.53 Å². The van der Waals surface area contributed by atoms with E-state index in [1.807, 2.05) is 6.92 Å². The summed E-state index contributed by atoms with van der Waals surface area (Å²) >= 11 is 0. The first-order chi connectivity index (χ1) is 10.6. The Kier molecular flexibility index (Phi) is 4.16. The van der Waals surface area contributed by atoms with Gasteiger partial charge in [-0.2, -0.15) is 0 Å². The summed E-state index contributed by atoms with van der Waals surface area (Å²) < 4.78 is 18.6. The topological polar surface area (TPSA) is 49.8 Å². The van der Waals surface area contributed by atoms with E-state index in [0.29, 0.717) is 37.3 Å². The Balaban J connectivity index is 1.87. The van der Waals surface area contributed by atoms with Crippen LogP contribution >= 0.6 is 0 Å². The quantitative estimate of drug-likeness (QED) is 0.913. The number of carbonyl (C=O) groups excluding carboxylic acids is 1. The van der Waals surface area contributed by atoms with Gasteiger partial charge in [0, 0.05) is 6.54 Å². The number of β-amino-alcohol motifs (C(OH)–C–C–N with tert-alkyl or cyclic N) is 1. The second kappa shape index (κ2) is 6.08. The van der Waals surface area contributed by atoms with E-state index in [1.165, 1.54) is 12.1 Å². The Bertz CT molecular complexity index is 596. The van der Waals surface area contributed by atoms with Crippen molar-refractivity contribution >= 4 is 5.91 Å². The smallest absolute Gasteiger partial charge is 0.253 e. The van der Waals surface area contributed by atoms with Crippen LogP contribution in [-0.4, -0.2) is 35.2 Å². The summed E-state index contributed by atoms with van der Waals surface area (Å²) in [5.74, 6) is 0.290. The van der Waals surface area contributed by atoms with Gasteiger partial charge in [-0.3, -0.25) is 4.79 Å². The highest BCUT2D eigenvalue weighted by Crippen LogP contribution is 2.35. The van der Waals surface area contributed by atoms with Gasteiger partial charge in [-0.1, -0.05) is 12.1 Å². The van der Waals surface area contributed by atoms with Crippen molar-refractivity contribution in [3.8, 4) is 0 Å². The Labute approximate surface area is 129 Å². The minimum absolute atomic E-state index is 0.0805. The van der Waals surface area contributed by atoms with Crippen LogP contribution in [0.25, 0.3) is 0 Å². The van der Waals surface area contributed by atoms with E-state index in [0.717, 1.165) is 12.0 Å². The van der Waals surface area contributed by atoms with Crippen LogP contribution < -0.4 is 0 Å². The summed E-state index contributed by atoms with van der Waals surface area (Å²) in [6, 6.07) is 5.91. The first-order valence-electron chi connectivity index (χ1n) is 7.63. The largest absolute Gasteiger partial charge is 0.498 e. The molecule has 4 nitrogen and oxygen atoms in total. The van der Waals surface area contributed by atoms with Gasteiger partial charge in [-0.15, -0.1) is 0 Å². The van der Waals surface area contributed by atoms with Gasteiger partial charge < -0.3 is 14.7 Å². The highest BCUT2D eigenvalue weighted by molar-refractivity contribution is 5.94. The number of ether oxygens (including phenoxy) is 1. The molecule has 0 aromatic heterocycles. The van der Waals surface area contributed by atoms with Crippen molar-refractivity contribution in [3.63, 3.8) is 0 Å². The lowest BCUT2D eigenvalue weighted by atomic mass is 10.0. The Morgan fingerprint density at radius 3 is 2.77 bits per heavy atom. The zero-order chi connectivity index (χ0) is 15.7. The maximum atomic E-state index is 13.1. The number of allylic oxidation sites excluding steroid dienone is 1. The van der Waals surface area contributed by atoms with Crippen LogP contribution in [0.4, 0.5) is 4.39 Å². The fraction of sp³-hybridized carbons (Fsp3) is 0.471. The molecule has 1 amide bonds. The van der Waals surface area contributed by atoms with Gasteiger partial charge in [0.1, 0.15) is 11.6 Å². The first-order valence-corrected chi connectivity index (χ1v) is 7.63. The van der Waals surface area contributed by atoms with Crippen LogP contribution in [0.5, 0.6) is 0 Å². The summed E-state index contributed by atoms with van der Waals surface area (Å²) in [6.45, 7) is 2.76. The number of aliphatic hydroxyl groups is 1. The molecule has 2 aliphatic heterocycles. The molecule has 2 heterocycles. The van der Waals surface area contributed by atoms with Gasteiger partial charge in [0.25, 0.3) is 5.91 Å². The van der Waals surface area contributed by atoms with Gasteiger partial charge in [-0.25, -0.2) is 4.39 Å². The van der Waals surface area contributed by atoms with Crippen molar-refractivity contribution in [3.05, 3.63) is 47.0 Å². The van der Waals surface area contributed by atoms with Gasteiger partial charge in [0.05, 0.1) is 24.3 Å². The molecule has 0 unspecified atom stereocenters. The molecule has 1 N–H and O–H groups in total. The van der Waals surface area contributed by atoms with Crippen molar-refractivity contribution < 1.29 is 19.0 Å². The predicted octanol–water partition coefficient (Wildman–Crippen LogP) is 2.54. The standard InChI is InChI=1S/C17H20FNO3/c1-11-15(3-2-8-22-11)17(21)19-10-14(20)9-16(19)12-4-6-13(18)7-5-12/h4-7,14,16,20H,2-3,8-10H2,1H3/t14-,16+/m1/s1. The van der Waals surface area contributed by atoms with Crippen molar-refractivity contribution in [2.45, 2.75) is 38.3 Å². The van der Waals surface area contributed by atoms with Crippen molar-refractivity contribution in [2.24, 2.45) is 0 Å². The normalized spacial score (nSPS) is 25.3. The van der Waals surface area contributed by atoms with Gasteiger partial charge >= 0.3 is 0 Å². The van der Waals surface area contributed by atoms with Crippen LogP contribution in [0.2, 0.25) is 0 Å². The number of likely N-dealkylation sites (tertiary alicyclic amines) is 1. The number of hydrogen-bond donors (Lipinski definition) is 1. The summed E-state index contributed by atoms with van der Waals surface area (Å²) in [5, 5.41) is 9.98. The molecule has 0 saturated carbocycles. The molecule has 1 aromatic rings. The van der Waals surface area contributed by atoms with E-state index in [9.17, 15) is 14.3 Å². The van der Waals surface area contributed by atoms with Crippen molar-refractivity contribution in [1.82, 2.24) is 4.90 Å². The number of carbonyl (C=O) groups is 1. The summed E-state index contributed by atoms with van der Waals surface area (Å²) in [5.41, 5.74) is 1.54. The molecular formula is C17H20FNO3. The van der Waals surface area contributed by atoms with E-state index >= 15 is 0 Å². The zero-order valence-electron chi connectivity index (χ0n) is 12.6. The highest BCUT2D eigenvalue weighted by Gasteiger charge is 2.37. The monoisotopic (exact) mass is 305 g/mol. The van der Waals surface area contributed by atoms with Crippen LogP contribution in [0.3, 0.4) is 0 Å². The molecule has 5 heteroatoms. The molecule has 2 atom stereocenters. The number of hydrogen-bond acceptors (Lipinski definition) is 3. The number of benzene rings is 1. The third-order valence-corrected chi connectivity index (χ3v) is 4.37. The first kappa shape index (κ1) is 15.0. The van der Waals surface area contributed by atoms with Gasteiger partial charge in [0.15, 0.2) is 0 Å². The maximum Gasteiger partial charge on any atom is 0.253 e. The molecule has 0 spiro atoms. The van der Waals surface area contributed by atoms with E-state index < -0.39 is 6.10 Å². The molecular weight excluding hydrogens is 285 g/mol. The second-order valence-corrected chi connectivity index (χ2v) is 5.90. The summed E-state index contributed by atoms with van der Waals surface area (Å²) in [6.07, 6.45) is 1.46. The highest BCUT2D eigenvalue weighted by atomic mass is 19.1. The number of aliphatic hydroxyl groups excluding tert-OH is 1. The molecule has 22 heavy (non-hydrogen) atoms. The summed E-state index contributed by atoms with van der Waals surface area (Å²) in [7, 11) is 0. The maximum absolute atomic E-state index is 13.1. The Morgan fingerprint density at radius 1 is 1.36 bits per heavy atom. The van der Waals surface area contributed by atoms with Crippen molar-refractivity contribution in [1.29, 1.82) is 0 Å². The van der Waals surface area contributed by atoms with E-state index in [2.05, 4.69) is 0 Å². The molecule has 1 aromatic carbocycles. The van der Waals surface area contributed by atoms with E-state index in [1.54, 1.807) is 17.0 Å². The van der Waals surface area contributed by atoms with Crippen LogP contribution in [0.15, 0.2) is 35.6 Å². The molecule has 118 valence electrons. The lowest BCUT2D eigenvalue weighted by Crippen LogP contribution is -2.34. The summed E-state index contributed by atoms with van der Waals surface area (Å²) in [4.78, 5) is 14.5. The minimum atomic E-state index is -0.551. The predicted molar refractivity (Wildman–Crippen MR) is 79.4 cm³/mol. The fourth-order valence-electron chi connectivity index (χ4n) is 3.21. The van der Waals surface area contributed by atoms with Crippen molar-refractivity contribution in [2.75, 3.05) is 13.2 Å². The number of nitrogens with zero attached hydrogens (tertiary/aromatic N) is 1. The van der Waals surface area contributed by atoms with Crippen LogP contribution in [0, 0.1) is 5.82 Å². The lowest BCUT2D eigenvalue weighted by molar-refractivity contribution is -0.129. The molecule has 3 rings (SSSR count). The average molecular weight is 305 g/mol. The number of halogens is 1. The third kappa shape index (κ3) is 2.86. The number of amides is 1. The molecule has 0 aliphatic carbocycles. The zero-order valence-corrected chi connectivity index (χ0v) is 12.6. The molecule has 0 radical (unpaired) electrons. The average Bonchev–Trinajstić information content (AvgIpc) is 2.90. The van der Waals surface area contributed by atoms with Crippen LogP contribution in [0.1, 0.15) is 37.8 Å². The molecule has 1 fully saturated rings. The number of rotatable bonds is 2. The Morgan fingerprint density at radius 2 is 2.09 bits per heavy atom. The van der Waals surface area contributed by atoms with E-state index in [4.69, 9.17) is 4.74 Å². The minimum Gasteiger partial charge on any atom is -0.498 e. The second-order valence-electron chi connectivity index (χ2n) is 5.90. The van der Waals surface area contributed by atoms with E-state index in [-0.39, 0.29) is 17.8 Å². The SMILES string of the molecule is CC1=C(C(=O)N2C[C@H](O)C[C@H]2c2ccc(F)cc2)CCCO1. The molecule has 0 bridgehead atoms. The third-order valence-electron chi connectivity index (χ3n) is 4.37. The van der Waals surface area contributed by atoms with Gasteiger partial charge in [-0.05, 0) is 43.9 Å². The molecule has 1 saturated heterocycles. The Hall–Kier alpha value is -1.88. The van der Waals surface area contributed by atoms with Gasteiger partial charge in [0.2, 0.25) is 0 Å². The lowest BCUT2D eigenvalue weighted by Gasteiger charge is -2.28. The fourth-order valence-corrected chi connectivity index (χ4v) is 3.21. The molecule has 2 aliphatic rings.